The lowest BCUT2D eigenvalue weighted by Crippen LogP contribution is -2.21. The number of amides is 1. The molecule has 5 heteroatoms. The maximum atomic E-state index is 12.2. The van der Waals surface area contributed by atoms with Crippen LogP contribution in [0.25, 0.3) is 5.65 Å². The number of imidazole rings is 1. The lowest BCUT2D eigenvalue weighted by Gasteiger charge is -2.13. The molecule has 3 aromatic rings. The van der Waals surface area contributed by atoms with Crippen molar-refractivity contribution in [2.75, 3.05) is 0 Å². The van der Waals surface area contributed by atoms with E-state index < -0.39 is 0 Å². The molecule has 1 aliphatic rings. The van der Waals surface area contributed by atoms with Gasteiger partial charge in [-0.2, -0.15) is 0 Å². The van der Waals surface area contributed by atoms with Crippen LogP contribution in [0.1, 0.15) is 54.2 Å². The molecule has 1 atom stereocenters. The number of nitrogens with zero attached hydrogens (tertiary/aromatic N) is 2. The van der Waals surface area contributed by atoms with Crippen molar-refractivity contribution >= 4 is 11.6 Å². The van der Waals surface area contributed by atoms with E-state index in [9.17, 15) is 4.79 Å². The number of aryl methyl sites for hydroxylation is 2. The van der Waals surface area contributed by atoms with Crippen LogP contribution < -0.4 is 5.32 Å². The number of rotatable bonds is 3. The topological polar surface area (TPSA) is 59.5 Å². The summed E-state index contributed by atoms with van der Waals surface area (Å²) >= 11 is 0. The van der Waals surface area contributed by atoms with Gasteiger partial charge in [-0.05, 0) is 43.2 Å². The van der Waals surface area contributed by atoms with Gasteiger partial charge in [-0.3, -0.25) is 4.79 Å². The molecule has 4 heterocycles. The predicted octanol–water partition coefficient (Wildman–Crippen LogP) is 3.34. The summed E-state index contributed by atoms with van der Waals surface area (Å²) < 4.78 is 8.14. The van der Waals surface area contributed by atoms with Crippen LogP contribution in [0.2, 0.25) is 0 Å². The van der Waals surface area contributed by atoms with Crippen LogP contribution in [0.5, 0.6) is 0 Å². The monoisotopic (exact) mass is 323 g/mol. The largest absolute Gasteiger partial charge is 0.465 e. The van der Waals surface area contributed by atoms with Crippen molar-refractivity contribution in [1.29, 1.82) is 0 Å². The SMILES string of the molecule is CCCc1ccc([C@H]2CC(=O)NCc3nc4cc(C)ccn4c32)o1. The van der Waals surface area contributed by atoms with Gasteiger partial charge in [0.2, 0.25) is 5.91 Å². The molecule has 0 spiro atoms. The summed E-state index contributed by atoms with van der Waals surface area (Å²) in [6.45, 7) is 4.66. The van der Waals surface area contributed by atoms with Gasteiger partial charge in [0.1, 0.15) is 17.2 Å². The summed E-state index contributed by atoms with van der Waals surface area (Å²) in [7, 11) is 0. The molecule has 1 aliphatic heterocycles. The molecule has 0 unspecified atom stereocenters. The summed E-state index contributed by atoms with van der Waals surface area (Å²) in [6, 6.07) is 8.16. The first-order valence-electron chi connectivity index (χ1n) is 8.48. The van der Waals surface area contributed by atoms with Gasteiger partial charge >= 0.3 is 0 Å². The summed E-state index contributed by atoms with van der Waals surface area (Å²) in [5.74, 6) is 1.75. The Morgan fingerprint density at radius 2 is 2.25 bits per heavy atom. The maximum absolute atomic E-state index is 12.2. The number of aromatic nitrogens is 2. The van der Waals surface area contributed by atoms with E-state index in [4.69, 9.17) is 9.40 Å². The third-order valence-electron chi connectivity index (χ3n) is 4.59. The first-order chi connectivity index (χ1) is 11.7. The van der Waals surface area contributed by atoms with Crippen LogP contribution >= 0.6 is 0 Å². The fourth-order valence-corrected chi connectivity index (χ4v) is 3.45. The van der Waals surface area contributed by atoms with Crippen LogP contribution in [0.3, 0.4) is 0 Å². The number of fused-ring (bicyclic) bond motifs is 3. The number of hydrogen-bond donors (Lipinski definition) is 1. The van der Waals surface area contributed by atoms with Crippen molar-refractivity contribution in [2.45, 2.75) is 45.6 Å². The quantitative estimate of drug-likeness (QED) is 0.804. The molecular formula is C19H21N3O2. The second kappa shape index (κ2) is 5.82. The van der Waals surface area contributed by atoms with Crippen molar-refractivity contribution in [2.24, 2.45) is 0 Å². The molecular weight excluding hydrogens is 302 g/mol. The molecule has 0 fully saturated rings. The third-order valence-corrected chi connectivity index (χ3v) is 4.59. The Balaban J connectivity index is 1.86. The van der Waals surface area contributed by atoms with Gasteiger partial charge < -0.3 is 14.1 Å². The fourth-order valence-electron chi connectivity index (χ4n) is 3.45. The highest BCUT2D eigenvalue weighted by Crippen LogP contribution is 2.34. The van der Waals surface area contributed by atoms with E-state index in [1.165, 1.54) is 5.56 Å². The molecule has 0 radical (unpaired) electrons. The second-order valence-corrected chi connectivity index (χ2v) is 6.46. The highest BCUT2D eigenvalue weighted by molar-refractivity contribution is 5.78. The van der Waals surface area contributed by atoms with Gasteiger partial charge in [-0.1, -0.05) is 6.92 Å². The molecule has 0 bridgehead atoms. The number of carbonyl (C=O) groups excluding carboxylic acids is 1. The fraction of sp³-hybridized carbons (Fsp3) is 0.368. The molecule has 0 saturated carbocycles. The highest BCUT2D eigenvalue weighted by atomic mass is 16.3. The minimum absolute atomic E-state index is 0.0345. The summed E-state index contributed by atoms with van der Waals surface area (Å²) in [6.07, 6.45) is 4.37. The van der Waals surface area contributed by atoms with Gasteiger partial charge in [-0.25, -0.2) is 4.98 Å². The van der Waals surface area contributed by atoms with E-state index in [-0.39, 0.29) is 11.8 Å². The third kappa shape index (κ3) is 2.50. The Kier molecular flexibility index (Phi) is 3.63. The molecule has 124 valence electrons. The normalized spacial score (nSPS) is 17.6. The van der Waals surface area contributed by atoms with Gasteiger partial charge in [0.05, 0.1) is 23.9 Å². The highest BCUT2D eigenvalue weighted by Gasteiger charge is 2.30. The number of furan rings is 1. The van der Waals surface area contributed by atoms with Crippen molar-refractivity contribution in [3.05, 3.63) is 58.9 Å². The number of nitrogens with one attached hydrogen (secondary N) is 1. The number of hydrogen-bond acceptors (Lipinski definition) is 3. The first kappa shape index (κ1) is 15.0. The zero-order valence-electron chi connectivity index (χ0n) is 14.0. The molecule has 5 nitrogen and oxygen atoms in total. The Morgan fingerprint density at radius 1 is 1.38 bits per heavy atom. The van der Waals surface area contributed by atoms with Crippen molar-refractivity contribution in [1.82, 2.24) is 14.7 Å². The Bertz CT molecular complexity index is 907. The van der Waals surface area contributed by atoms with Gasteiger partial charge in [0.25, 0.3) is 0 Å². The summed E-state index contributed by atoms with van der Waals surface area (Å²) in [5.41, 5.74) is 4.07. The van der Waals surface area contributed by atoms with Gasteiger partial charge in [0, 0.05) is 19.0 Å². The zero-order valence-corrected chi connectivity index (χ0v) is 14.0. The van der Waals surface area contributed by atoms with Crippen LogP contribution in [0.15, 0.2) is 34.9 Å². The van der Waals surface area contributed by atoms with E-state index in [2.05, 4.69) is 35.7 Å². The second-order valence-electron chi connectivity index (χ2n) is 6.46. The zero-order chi connectivity index (χ0) is 16.7. The van der Waals surface area contributed by atoms with E-state index >= 15 is 0 Å². The molecule has 3 aromatic heterocycles. The Morgan fingerprint density at radius 3 is 3.08 bits per heavy atom. The minimum atomic E-state index is -0.106. The molecule has 24 heavy (non-hydrogen) atoms. The predicted molar refractivity (Wildman–Crippen MR) is 90.9 cm³/mol. The molecule has 4 rings (SSSR count). The van der Waals surface area contributed by atoms with Crippen LogP contribution in [0.4, 0.5) is 0 Å². The number of pyridine rings is 1. The molecule has 1 amide bonds. The Labute approximate surface area is 140 Å². The molecule has 0 aliphatic carbocycles. The minimum Gasteiger partial charge on any atom is -0.465 e. The lowest BCUT2D eigenvalue weighted by molar-refractivity contribution is -0.121. The van der Waals surface area contributed by atoms with E-state index in [0.717, 1.165) is 41.4 Å². The average Bonchev–Trinajstić information content (AvgIpc) is 3.11. The number of carbonyl (C=O) groups is 1. The van der Waals surface area contributed by atoms with Gasteiger partial charge in [-0.15, -0.1) is 0 Å². The first-order valence-corrected chi connectivity index (χ1v) is 8.48. The maximum Gasteiger partial charge on any atom is 0.221 e. The standard InChI is InChI=1S/C19H21N3O2/c1-3-4-13-5-6-16(24-13)14-10-18(23)20-11-15-19(14)22-8-7-12(2)9-17(22)21-15/h5-9,14H,3-4,10-11H2,1-2H3,(H,20,23)/t14-/m1/s1. The smallest absolute Gasteiger partial charge is 0.221 e. The van der Waals surface area contributed by atoms with Gasteiger partial charge in [0.15, 0.2) is 0 Å². The van der Waals surface area contributed by atoms with Crippen molar-refractivity contribution in [3.63, 3.8) is 0 Å². The molecule has 0 aromatic carbocycles. The summed E-state index contributed by atoms with van der Waals surface area (Å²) in [4.78, 5) is 16.9. The van der Waals surface area contributed by atoms with Crippen molar-refractivity contribution in [3.8, 4) is 0 Å². The summed E-state index contributed by atoms with van der Waals surface area (Å²) in [5, 5.41) is 2.95. The lowest BCUT2D eigenvalue weighted by atomic mass is 9.97. The van der Waals surface area contributed by atoms with E-state index in [1.54, 1.807) is 0 Å². The Hall–Kier alpha value is -2.56. The van der Waals surface area contributed by atoms with Crippen LogP contribution in [-0.2, 0) is 17.8 Å². The van der Waals surface area contributed by atoms with E-state index in [1.807, 2.05) is 18.3 Å². The molecule has 0 saturated heterocycles. The molecule has 1 N–H and O–H groups in total. The van der Waals surface area contributed by atoms with Crippen LogP contribution in [0, 0.1) is 6.92 Å². The van der Waals surface area contributed by atoms with Crippen molar-refractivity contribution < 1.29 is 9.21 Å². The average molecular weight is 323 g/mol. The van der Waals surface area contributed by atoms with E-state index in [0.29, 0.717) is 13.0 Å². The van der Waals surface area contributed by atoms with Crippen LogP contribution in [-0.4, -0.2) is 15.3 Å².